The van der Waals surface area contributed by atoms with Gasteiger partial charge in [-0.3, -0.25) is 4.79 Å². The largest absolute Gasteiger partial charge is 0.364 e. The molecular formula is C13H15ClN4O. The normalized spacial score (nSPS) is 12.4. The van der Waals surface area contributed by atoms with E-state index in [1.807, 2.05) is 32.2 Å². The van der Waals surface area contributed by atoms with Crippen molar-refractivity contribution in [2.24, 2.45) is 5.73 Å². The van der Waals surface area contributed by atoms with Crippen LogP contribution >= 0.6 is 11.6 Å². The first-order chi connectivity index (χ1) is 9.02. The molecule has 1 atom stereocenters. The molecule has 1 amide bonds. The zero-order valence-corrected chi connectivity index (χ0v) is 11.5. The Bertz CT molecular complexity index is 608. The van der Waals surface area contributed by atoms with E-state index in [0.717, 1.165) is 11.3 Å². The van der Waals surface area contributed by atoms with Crippen molar-refractivity contribution in [1.82, 2.24) is 15.1 Å². The van der Waals surface area contributed by atoms with Crippen molar-refractivity contribution >= 4 is 17.5 Å². The van der Waals surface area contributed by atoms with Crippen molar-refractivity contribution in [3.63, 3.8) is 0 Å². The number of nitrogens with zero attached hydrogens (tertiary/aromatic N) is 2. The van der Waals surface area contributed by atoms with Crippen molar-refractivity contribution in [2.75, 3.05) is 7.05 Å². The van der Waals surface area contributed by atoms with Crippen LogP contribution in [0.1, 0.15) is 29.0 Å². The number of carbonyl (C=O) groups is 1. The number of rotatable bonds is 4. The molecule has 1 aromatic carbocycles. The summed E-state index contributed by atoms with van der Waals surface area (Å²) in [5.74, 6) is -0.551. The monoisotopic (exact) mass is 278 g/mol. The number of hydrogen-bond acceptors (Lipinski definition) is 3. The van der Waals surface area contributed by atoms with Gasteiger partial charge in [0.05, 0.1) is 5.69 Å². The maximum Gasteiger partial charge on any atom is 0.269 e. The zero-order valence-electron chi connectivity index (χ0n) is 10.7. The molecule has 19 heavy (non-hydrogen) atoms. The number of nitrogens with one attached hydrogen (secondary N) is 1. The van der Waals surface area contributed by atoms with E-state index in [1.54, 1.807) is 16.9 Å². The third-order valence-electron chi connectivity index (χ3n) is 2.99. The Labute approximate surface area is 116 Å². The molecule has 0 aliphatic rings. The van der Waals surface area contributed by atoms with Gasteiger partial charge in [-0.15, -0.1) is 0 Å². The number of aromatic nitrogens is 2. The SMILES string of the molecule is CNC(C)c1ccc(-n2ccc(C(N)=O)n2)cc1Cl. The summed E-state index contributed by atoms with van der Waals surface area (Å²) in [4.78, 5) is 11.0. The summed E-state index contributed by atoms with van der Waals surface area (Å²) in [7, 11) is 1.88. The van der Waals surface area contributed by atoms with Gasteiger partial charge in [-0.25, -0.2) is 4.68 Å². The Balaban J connectivity index is 2.35. The number of primary amides is 1. The maximum atomic E-state index is 11.0. The lowest BCUT2D eigenvalue weighted by Gasteiger charge is -2.13. The van der Waals surface area contributed by atoms with Gasteiger partial charge in [-0.2, -0.15) is 5.10 Å². The van der Waals surface area contributed by atoms with Gasteiger partial charge in [0.15, 0.2) is 0 Å². The second-order valence-corrected chi connectivity index (χ2v) is 4.63. The summed E-state index contributed by atoms with van der Waals surface area (Å²) >= 11 is 6.25. The van der Waals surface area contributed by atoms with Crippen molar-refractivity contribution in [3.8, 4) is 5.69 Å². The molecule has 0 fully saturated rings. The molecule has 100 valence electrons. The van der Waals surface area contributed by atoms with Crippen LogP contribution in [0.3, 0.4) is 0 Å². The summed E-state index contributed by atoms with van der Waals surface area (Å²) in [5, 5.41) is 7.86. The average molecular weight is 279 g/mol. The molecule has 1 heterocycles. The van der Waals surface area contributed by atoms with Gasteiger partial charge in [0, 0.05) is 17.3 Å². The highest BCUT2D eigenvalue weighted by Gasteiger charge is 2.10. The van der Waals surface area contributed by atoms with E-state index in [1.165, 1.54) is 0 Å². The molecule has 0 aliphatic heterocycles. The highest BCUT2D eigenvalue weighted by atomic mass is 35.5. The Morgan fingerprint density at radius 2 is 2.21 bits per heavy atom. The van der Waals surface area contributed by atoms with E-state index in [9.17, 15) is 4.79 Å². The van der Waals surface area contributed by atoms with Crippen LogP contribution in [-0.4, -0.2) is 22.7 Å². The molecule has 1 unspecified atom stereocenters. The lowest BCUT2D eigenvalue weighted by molar-refractivity contribution is 0.0995. The van der Waals surface area contributed by atoms with Crippen molar-refractivity contribution < 1.29 is 4.79 Å². The summed E-state index contributed by atoms with van der Waals surface area (Å²) in [6.45, 7) is 2.03. The molecule has 0 saturated carbocycles. The topological polar surface area (TPSA) is 72.9 Å². The van der Waals surface area contributed by atoms with Gasteiger partial charge in [-0.05, 0) is 37.7 Å². The molecule has 6 heteroatoms. The van der Waals surface area contributed by atoms with Gasteiger partial charge in [0.2, 0.25) is 0 Å². The molecule has 0 spiro atoms. The van der Waals surface area contributed by atoms with Crippen LogP contribution in [0.15, 0.2) is 30.5 Å². The number of halogens is 1. The highest BCUT2D eigenvalue weighted by Crippen LogP contribution is 2.25. The van der Waals surface area contributed by atoms with Crippen LogP contribution in [0.4, 0.5) is 0 Å². The Hall–Kier alpha value is -1.85. The number of benzene rings is 1. The minimum absolute atomic E-state index is 0.167. The number of carbonyl (C=O) groups excluding carboxylic acids is 1. The van der Waals surface area contributed by atoms with E-state index in [-0.39, 0.29) is 11.7 Å². The molecule has 3 N–H and O–H groups in total. The molecule has 0 saturated heterocycles. The Kier molecular flexibility index (Phi) is 3.87. The second kappa shape index (κ2) is 5.42. The molecule has 0 bridgehead atoms. The molecule has 2 rings (SSSR count). The molecular weight excluding hydrogens is 264 g/mol. The van der Waals surface area contributed by atoms with Crippen LogP contribution in [0, 0.1) is 0 Å². The van der Waals surface area contributed by atoms with Crippen LogP contribution in [0.2, 0.25) is 5.02 Å². The summed E-state index contributed by atoms with van der Waals surface area (Å²) < 4.78 is 1.57. The smallest absolute Gasteiger partial charge is 0.269 e. The van der Waals surface area contributed by atoms with Crippen LogP contribution < -0.4 is 11.1 Å². The highest BCUT2D eigenvalue weighted by molar-refractivity contribution is 6.31. The lowest BCUT2D eigenvalue weighted by atomic mass is 10.1. The minimum atomic E-state index is -0.551. The average Bonchev–Trinajstić information content (AvgIpc) is 2.87. The fourth-order valence-corrected chi connectivity index (χ4v) is 2.10. The third kappa shape index (κ3) is 2.77. The minimum Gasteiger partial charge on any atom is -0.364 e. The van der Waals surface area contributed by atoms with Crippen molar-refractivity contribution in [3.05, 3.63) is 46.7 Å². The Morgan fingerprint density at radius 3 is 2.74 bits per heavy atom. The van der Waals surface area contributed by atoms with Gasteiger partial charge in [0.1, 0.15) is 5.69 Å². The predicted octanol–water partition coefficient (Wildman–Crippen LogP) is 1.90. The van der Waals surface area contributed by atoms with Crippen LogP contribution in [0.5, 0.6) is 0 Å². The molecule has 1 aromatic heterocycles. The van der Waals surface area contributed by atoms with Crippen LogP contribution in [-0.2, 0) is 0 Å². The van der Waals surface area contributed by atoms with E-state index >= 15 is 0 Å². The molecule has 5 nitrogen and oxygen atoms in total. The standard InChI is InChI=1S/C13H15ClN4O/c1-8(16-2)10-4-3-9(7-11(10)14)18-6-5-12(17-18)13(15)19/h3-8,16H,1-2H3,(H2,15,19). The molecule has 2 aromatic rings. The summed E-state index contributed by atoms with van der Waals surface area (Å²) in [6, 6.07) is 7.38. The number of nitrogens with two attached hydrogens (primary N) is 1. The van der Waals surface area contributed by atoms with Gasteiger partial charge < -0.3 is 11.1 Å². The molecule has 0 radical (unpaired) electrons. The number of hydrogen-bond donors (Lipinski definition) is 2. The van der Waals surface area contributed by atoms with Gasteiger partial charge in [-0.1, -0.05) is 17.7 Å². The number of amides is 1. The summed E-state index contributed by atoms with van der Waals surface area (Å²) in [5.41, 5.74) is 7.19. The van der Waals surface area contributed by atoms with Crippen molar-refractivity contribution in [2.45, 2.75) is 13.0 Å². The second-order valence-electron chi connectivity index (χ2n) is 4.23. The van der Waals surface area contributed by atoms with E-state index in [4.69, 9.17) is 17.3 Å². The fourth-order valence-electron chi connectivity index (χ4n) is 1.76. The first kappa shape index (κ1) is 13.6. The maximum absolute atomic E-state index is 11.0. The van der Waals surface area contributed by atoms with E-state index in [2.05, 4.69) is 10.4 Å². The van der Waals surface area contributed by atoms with E-state index in [0.29, 0.717) is 5.02 Å². The summed E-state index contributed by atoms with van der Waals surface area (Å²) in [6.07, 6.45) is 1.67. The van der Waals surface area contributed by atoms with E-state index < -0.39 is 5.91 Å². The first-order valence-electron chi connectivity index (χ1n) is 5.85. The molecule has 0 aliphatic carbocycles. The zero-order chi connectivity index (χ0) is 14.0. The Morgan fingerprint density at radius 1 is 1.47 bits per heavy atom. The predicted molar refractivity (Wildman–Crippen MR) is 74.6 cm³/mol. The third-order valence-corrected chi connectivity index (χ3v) is 3.32. The van der Waals surface area contributed by atoms with Gasteiger partial charge in [0.25, 0.3) is 5.91 Å². The van der Waals surface area contributed by atoms with Crippen molar-refractivity contribution in [1.29, 1.82) is 0 Å². The van der Waals surface area contributed by atoms with Gasteiger partial charge >= 0.3 is 0 Å². The lowest BCUT2D eigenvalue weighted by Crippen LogP contribution is -2.13. The quantitative estimate of drug-likeness (QED) is 0.897. The first-order valence-corrected chi connectivity index (χ1v) is 6.23. The van der Waals surface area contributed by atoms with Crippen LogP contribution in [0.25, 0.3) is 5.69 Å². The fraction of sp³-hybridized carbons (Fsp3) is 0.231.